The molecule has 0 amide bonds. The molecule has 8 heteroatoms. The van der Waals surface area contributed by atoms with Crippen LogP contribution in [0.25, 0.3) is 26.8 Å². The molecule has 0 N–H and O–H groups in total. The van der Waals surface area contributed by atoms with E-state index in [0.29, 0.717) is 22.1 Å². The predicted molar refractivity (Wildman–Crippen MR) is 97.4 cm³/mol. The highest BCUT2D eigenvalue weighted by atomic mass is 35.5. The van der Waals surface area contributed by atoms with Gasteiger partial charge in [-0.2, -0.15) is 0 Å². The largest absolute Gasteiger partial charge is 0.497 e. The monoisotopic (exact) mass is 370 g/mol. The van der Waals surface area contributed by atoms with Gasteiger partial charge in [0.25, 0.3) is 5.56 Å². The zero-order valence-corrected chi connectivity index (χ0v) is 14.6. The van der Waals surface area contributed by atoms with Crippen molar-refractivity contribution < 1.29 is 4.74 Å². The summed E-state index contributed by atoms with van der Waals surface area (Å²) in [4.78, 5) is 26.4. The van der Waals surface area contributed by atoms with Gasteiger partial charge in [-0.05, 0) is 29.8 Å². The fourth-order valence-electron chi connectivity index (χ4n) is 2.58. The fourth-order valence-corrected chi connectivity index (χ4v) is 3.82. The van der Waals surface area contributed by atoms with E-state index < -0.39 is 0 Å². The summed E-state index contributed by atoms with van der Waals surface area (Å²) in [6.07, 6.45) is 3.08. The first-order chi connectivity index (χ1) is 12.2. The highest BCUT2D eigenvalue weighted by Crippen LogP contribution is 2.38. The highest BCUT2D eigenvalue weighted by Gasteiger charge is 2.19. The van der Waals surface area contributed by atoms with Crippen molar-refractivity contribution >= 4 is 27.9 Å². The van der Waals surface area contributed by atoms with Gasteiger partial charge in [-0.15, -0.1) is 0 Å². The minimum Gasteiger partial charge on any atom is -0.497 e. The third-order valence-electron chi connectivity index (χ3n) is 3.65. The summed E-state index contributed by atoms with van der Waals surface area (Å²) in [6, 6.07) is 10.7. The summed E-state index contributed by atoms with van der Waals surface area (Å²) < 4.78 is 6.89. The zero-order chi connectivity index (χ0) is 17.4. The van der Waals surface area contributed by atoms with Crippen molar-refractivity contribution in [2.24, 2.45) is 0 Å². The van der Waals surface area contributed by atoms with Crippen LogP contribution in [0.2, 0.25) is 5.28 Å². The third kappa shape index (κ3) is 2.77. The minimum atomic E-state index is -0.162. The van der Waals surface area contributed by atoms with Crippen molar-refractivity contribution in [1.82, 2.24) is 19.4 Å². The van der Waals surface area contributed by atoms with Gasteiger partial charge in [0.15, 0.2) is 4.96 Å². The number of rotatable bonds is 3. The van der Waals surface area contributed by atoms with Crippen molar-refractivity contribution in [3.63, 3.8) is 0 Å². The maximum absolute atomic E-state index is 12.5. The van der Waals surface area contributed by atoms with Gasteiger partial charge in [-0.1, -0.05) is 23.5 Å². The molecule has 0 atom stereocenters. The molecule has 0 fully saturated rings. The van der Waals surface area contributed by atoms with Crippen molar-refractivity contribution in [2.75, 3.05) is 7.11 Å². The molecule has 25 heavy (non-hydrogen) atoms. The Kier molecular flexibility index (Phi) is 3.95. The summed E-state index contributed by atoms with van der Waals surface area (Å²) >= 11 is 7.32. The van der Waals surface area contributed by atoms with Crippen LogP contribution in [0.3, 0.4) is 0 Å². The number of aromatic nitrogens is 4. The Bertz CT molecular complexity index is 1140. The molecule has 0 unspecified atom stereocenters. The molecule has 6 nitrogen and oxygen atoms in total. The fraction of sp³-hybridized carbons (Fsp3) is 0.0588. The lowest BCUT2D eigenvalue weighted by Crippen LogP contribution is -2.12. The third-order valence-corrected chi connectivity index (χ3v) is 4.91. The van der Waals surface area contributed by atoms with Crippen LogP contribution in [0.1, 0.15) is 0 Å². The number of hydrogen-bond acceptors (Lipinski definition) is 6. The molecule has 4 rings (SSSR count). The summed E-state index contributed by atoms with van der Waals surface area (Å²) in [6.45, 7) is 0. The van der Waals surface area contributed by atoms with Gasteiger partial charge in [0.1, 0.15) is 5.75 Å². The molecule has 0 saturated carbocycles. The van der Waals surface area contributed by atoms with Gasteiger partial charge in [-0.25, -0.2) is 15.0 Å². The topological polar surface area (TPSA) is 69.4 Å². The molecule has 0 bridgehead atoms. The van der Waals surface area contributed by atoms with Crippen LogP contribution in [0.15, 0.2) is 53.6 Å². The number of ether oxygens (including phenoxy) is 1. The molecule has 4 aromatic rings. The summed E-state index contributed by atoms with van der Waals surface area (Å²) in [5.74, 6) is 0.695. The lowest BCUT2D eigenvalue weighted by Gasteiger charge is -2.07. The van der Waals surface area contributed by atoms with E-state index in [2.05, 4.69) is 15.0 Å². The minimum absolute atomic E-state index is 0.145. The van der Waals surface area contributed by atoms with Crippen molar-refractivity contribution in [2.45, 2.75) is 0 Å². The van der Waals surface area contributed by atoms with Gasteiger partial charge in [0.2, 0.25) is 5.28 Å². The lowest BCUT2D eigenvalue weighted by molar-refractivity contribution is 0.415. The maximum atomic E-state index is 12.5. The van der Waals surface area contributed by atoms with E-state index in [1.165, 1.54) is 23.6 Å². The number of nitrogens with zero attached hydrogens (tertiary/aromatic N) is 4. The van der Waals surface area contributed by atoms with Crippen LogP contribution in [0.5, 0.6) is 5.75 Å². The van der Waals surface area contributed by atoms with E-state index >= 15 is 0 Å². The first kappa shape index (κ1) is 15.7. The van der Waals surface area contributed by atoms with E-state index in [4.69, 9.17) is 16.3 Å². The Hall–Kier alpha value is -2.77. The van der Waals surface area contributed by atoms with Gasteiger partial charge in [-0.3, -0.25) is 9.20 Å². The summed E-state index contributed by atoms with van der Waals surface area (Å²) in [7, 11) is 1.60. The Morgan fingerprint density at radius 1 is 1.16 bits per heavy atom. The van der Waals surface area contributed by atoms with E-state index in [1.54, 1.807) is 23.8 Å². The molecule has 0 radical (unpaired) electrons. The molecule has 0 spiro atoms. The Morgan fingerprint density at radius 3 is 2.80 bits per heavy atom. The summed E-state index contributed by atoms with van der Waals surface area (Å²) in [5.41, 5.74) is 2.00. The average molecular weight is 371 g/mol. The quantitative estimate of drug-likeness (QED) is 0.516. The number of fused-ring (bicyclic) bond motifs is 1. The highest BCUT2D eigenvalue weighted by molar-refractivity contribution is 7.20. The molecular formula is C17H11ClN4O2S. The summed E-state index contributed by atoms with van der Waals surface area (Å²) in [5, 5.41) is 0.145. The molecule has 0 saturated heterocycles. The standard InChI is InChI=1S/C17H11ClN4O2S/c1-24-11-4-2-3-10(9-11)14-15(12-5-7-19-16(18)21-12)25-17-20-8-6-13(23)22(14)17/h2-9H,1H3. The number of hydrogen-bond donors (Lipinski definition) is 0. The number of thiazole rings is 1. The van der Waals surface area contributed by atoms with Crippen LogP contribution in [0.4, 0.5) is 0 Å². The van der Waals surface area contributed by atoms with Crippen LogP contribution >= 0.6 is 22.9 Å². The average Bonchev–Trinajstić information content (AvgIpc) is 3.03. The Balaban J connectivity index is 2.09. The molecule has 0 aliphatic heterocycles. The molecule has 124 valence electrons. The first-order valence-electron chi connectivity index (χ1n) is 7.31. The van der Waals surface area contributed by atoms with Gasteiger partial charge < -0.3 is 4.74 Å². The second-order valence-electron chi connectivity index (χ2n) is 5.12. The van der Waals surface area contributed by atoms with Gasteiger partial charge in [0.05, 0.1) is 23.4 Å². The number of halogens is 1. The van der Waals surface area contributed by atoms with Crippen LogP contribution in [0, 0.1) is 0 Å². The van der Waals surface area contributed by atoms with Gasteiger partial charge in [0, 0.05) is 24.0 Å². The molecule has 3 heterocycles. The van der Waals surface area contributed by atoms with Gasteiger partial charge >= 0.3 is 0 Å². The number of methoxy groups -OCH3 is 1. The van der Waals surface area contributed by atoms with Crippen molar-refractivity contribution in [1.29, 1.82) is 0 Å². The molecule has 3 aromatic heterocycles. The second kappa shape index (κ2) is 6.27. The molecule has 0 aliphatic rings. The number of benzene rings is 1. The van der Waals surface area contributed by atoms with E-state index in [-0.39, 0.29) is 10.8 Å². The molecule has 0 aliphatic carbocycles. The van der Waals surface area contributed by atoms with E-state index in [9.17, 15) is 4.79 Å². The Labute approximate surface area is 151 Å². The van der Waals surface area contributed by atoms with Crippen molar-refractivity contribution in [3.8, 4) is 27.6 Å². The smallest absolute Gasteiger partial charge is 0.258 e. The maximum Gasteiger partial charge on any atom is 0.258 e. The molecule has 1 aromatic carbocycles. The SMILES string of the molecule is COc1cccc(-c2c(-c3ccnc(Cl)n3)sc3nccc(=O)n23)c1. The first-order valence-corrected chi connectivity index (χ1v) is 8.51. The van der Waals surface area contributed by atoms with Crippen LogP contribution in [-0.2, 0) is 0 Å². The normalized spacial score (nSPS) is 11.0. The Morgan fingerprint density at radius 2 is 2.00 bits per heavy atom. The van der Waals surface area contributed by atoms with E-state index in [1.807, 2.05) is 24.3 Å². The van der Waals surface area contributed by atoms with E-state index in [0.717, 1.165) is 10.4 Å². The van der Waals surface area contributed by atoms with Crippen LogP contribution < -0.4 is 10.3 Å². The lowest BCUT2D eigenvalue weighted by atomic mass is 10.1. The molecular weight excluding hydrogens is 360 g/mol. The predicted octanol–water partition coefficient (Wildman–Crippen LogP) is 3.54. The van der Waals surface area contributed by atoms with Crippen LogP contribution in [-0.4, -0.2) is 26.5 Å². The zero-order valence-electron chi connectivity index (χ0n) is 13.0. The van der Waals surface area contributed by atoms with Crippen molar-refractivity contribution in [3.05, 3.63) is 64.4 Å². The second-order valence-corrected chi connectivity index (χ2v) is 6.44.